The fourth-order valence-corrected chi connectivity index (χ4v) is 6.62. The average Bonchev–Trinajstić information content (AvgIpc) is 3.88. The van der Waals surface area contributed by atoms with Crippen molar-refractivity contribution < 1.29 is 19.2 Å². The van der Waals surface area contributed by atoms with E-state index in [1.54, 1.807) is 0 Å². The van der Waals surface area contributed by atoms with Crippen molar-refractivity contribution in [2.75, 3.05) is 13.1 Å². The first-order valence-corrected chi connectivity index (χ1v) is 14.7. The molecule has 6 rings (SSSR count). The fraction of sp³-hybridized carbons (Fsp3) is 0.455. The van der Waals surface area contributed by atoms with E-state index in [4.69, 9.17) is 0 Å². The maximum atomic E-state index is 13.7. The smallest absolute Gasteiger partial charge is 0.328 e. The lowest BCUT2D eigenvalue weighted by molar-refractivity contribution is -0.128. The van der Waals surface area contributed by atoms with E-state index in [2.05, 4.69) is 9.13 Å². The molecule has 0 unspecified atom stereocenters. The highest BCUT2D eigenvalue weighted by Crippen LogP contribution is 2.39. The third kappa shape index (κ3) is 5.04. The Bertz CT molecular complexity index is 1540. The Morgan fingerprint density at radius 3 is 1.78 bits per heavy atom. The van der Waals surface area contributed by atoms with Gasteiger partial charge in [-0.1, -0.05) is 30.3 Å². The van der Waals surface area contributed by atoms with Crippen molar-refractivity contribution in [2.45, 2.75) is 84.3 Å². The molecule has 3 aromatic rings. The van der Waals surface area contributed by atoms with Crippen LogP contribution < -0.4 is 0 Å². The van der Waals surface area contributed by atoms with E-state index in [1.807, 2.05) is 70.2 Å². The van der Waals surface area contributed by atoms with Gasteiger partial charge in [0.1, 0.15) is 6.04 Å². The van der Waals surface area contributed by atoms with E-state index in [9.17, 15) is 19.2 Å². The number of aryl methyl sites for hydroxylation is 3. The number of aromatic nitrogens is 2. The summed E-state index contributed by atoms with van der Waals surface area (Å²) in [6.07, 6.45) is 5.37. The second kappa shape index (κ2) is 10.5. The Balaban J connectivity index is 1.24. The van der Waals surface area contributed by atoms with Crippen molar-refractivity contribution in [1.29, 1.82) is 0 Å². The molecule has 8 heteroatoms. The van der Waals surface area contributed by atoms with Crippen LogP contribution in [0.25, 0.3) is 0 Å². The minimum absolute atomic E-state index is 0.183. The highest BCUT2D eigenvalue weighted by Gasteiger charge is 2.46. The van der Waals surface area contributed by atoms with Gasteiger partial charge in [0.15, 0.2) is 11.6 Å². The van der Waals surface area contributed by atoms with Crippen molar-refractivity contribution >= 4 is 23.5 Å². The third-order valence-electron chi connectivity index (χ3n) is 8.96. The van der Waals surface area contributed by atoms with E-state index in [-0.39, 0.29) is 24.7 Å². The third-order valence-corrected chi connectivity index (χ3v) is 8.96. The molecular weight excluding hydrogens is 516 g/mol. The van der Waals surface area contributed by atoms with Crippen LogP contribution >= 0.6 is 0 Å². The van der Waals surface area contributed by atoms with Crippen LogP contribution in [0, 0.1) is 27.7 Å². The largest absolute Gasteiger partial charge is 0.345 e. The molecule has 2 aliphatic carbocycles. The number of Topliss-reactive ketones (excluding diaryl/α,β-unsaturated/α-hetero) is 2. The predicted molar refractivity (Wildman–Crippen MR) is 155 cm³/mol. The molecule has 3 fully saturated rings. The first kappa shape index (κ1) is 27.2. The van der Waals surface area contributed by atoms with Crippen LogP contribution in [-0.4, -0.2) is 61.6 Å². The monoisotopic (exact) mass is 554 g/mol. The molecule has 3 amide bonds. The number of ketones is 2. The molecule has 41 heavy (non-hydrogen) atoms. The van der Waals surface area contributed by atoms with Crippen molar-refractivity contribution in [3.8, 4) is 0 Å². The lowest BCUT2D eigenvalue weighted by Crippen LogP contribution is -2.40. The molecule has 1 aliphatic heterocycles. The van der Waals surface area contributed by atoms with Gasteiger partial charge in [0.05, 0.1) is 13.1 Å². The summed E-state index contributed by atoms with van der Waals surface area (Å²) in [6.45, 7) is 7.35. The zero-order valence-corrected chi connectivity index (χ0v) is 24.4. The Labute approximate surface area is 240 Å². The molecule has 3 aliphatic rings. The molecule has 3 heterocycles. The highest BCUT2D eigenvalue weighted by atomic mass is 16.2. The molecule has 0 radical (unpaired) electrons. The predicted octanol–water partition coefficient (Wildman–Crippen LogP) is 5.52. The Morgan fingerprint density at radius 1 is 0.756 bits per heavy atom. The van der Waals surface area contributed by atoms with Crippen LogP contribution in [0.1, 0.15) is 93.2 Å². The molecule has 8 nitrogen and oxygen atoms in total. The van der Waals surface area contributed by atoms with Crippen LogP contribution in [-0.2, 0) is 11.2 Å². The van der Waals surface area contributed by atoms with E-state index in [0.717, 1.165) is 58.9 Å². The lowest BCUT2D eigenvalue weighted by Gasteiger charge is -2.21. The molecular formula is C33H38N4O4. The van der Waals surface area contributed by atoms with Crippen molar-refractivity contribution in [1.82, 2.24) is 18.9 Å². The van der Waals surface area contributed by atoms with Crippen molar-refractivity contribution in [3.05, 3.63) is 81.9 Å². The normalized spacial score (nSPS) is 19.0. The van der Waals surface area contributed by atoms with Crippen LogP contribution in [0.3, 0.4) is 0 Å². The van der Waals surface area contributed by atoms with Crippen LogP contribution in [0.5, 0.6) is 0 Å². The highest BCUT2D eigenvalue weighted by molar-refractivity contribution is 6.11. The van der Waals surface area contributed by atoms with Gasteiger partial charge >= 0.3 is 6.03 Å². The quantitative estimate of drug-likeness (QED) is 0.231. The second-order valence-corrected chi connectivity index (χ2v) is 12.0. The van der Waals surface area contributed by atoms with E-state index >= 15 is 0 Å². The molecule has 1 aromatic carbocycles. The van der Waals surface area contributed by atoms with E-state index in [0.29, 0.717) is 36.1 Å². The van der Waals surface area contributed by atoms with Gasteiger partial charge in [-0.05, 0) is 83.9 Å². The summed E-state index contributed by atoms with van der Waals surface area (Å²) in [5, 5.41) is 0. The Kier molecular flexibility index (Phi) is 6.96. The summed E-state index contributed by atoms with van der Waals surface area (Å²) in [5.74, 6) is -0.849. The van der Waals surface area contributed by atoms with Gasteiger partial charge in [-0.25, -0.2) is 4.79 Å². The van der Waals surface area contributed by atoms with Crippen LogP contribution in [0.15, 0.2) is 42.5 Å². The number of imide groups is 1. The van der Waals surface area contributed by atoms with Gasteiger partial charge in [0.2, 0.25) is 0 Å². The number of carbonyl (C=O) groups excluding carboxylic acids is 4. The molecule has 214 valence electrons. The molecule has 2 saturated carbocycles. The minimum Gasteiger partial charge on any atom is -0.345 e. The van der Waals surface area contributed by atoms with E-state index < -0.39 is 18.0 Å². The zero-order valence-electron chi connectivity index (χ0n) is 24.4. The zero-order chi connectivity index (χ0) is 29.0. The number of benzene rings is 1. The second-order valence-electron chi connectivity index (χ2n) is 12.0. The molecule has 0 bridgehead atoms. The first-order valence-electron chi connectivity index (χ1n) is 14.7. The van der Waals surface area contributed by atoms with Gasteiger partial charge in [-0.3, -0.25) is 19.3 Å². The Hall–Kier alpha value is -3.94. The Morgan fingerprint density at radius 2 is 1.27 bits per heavy atom. The first-order chi connectivity index (χ1) is 19.7. The number of rotatable bonds is 11. The van der Waals surface area contributed by atoms with Gasteiger partial charge in [0, 0.05) is 46.0 Å². The minimum atomic E-state index is -0.801. The van der Waals surface area contributed by atoms with Gasteiger partial charge in [0.25, 0.3) is 5.91 Å². The molecule has 1 atom stereocenters. The number of hydrogen-bond donors (Lipinski definition) is 0. The van der Waals surface area contributed by atoms with Gasteiger partial charge in [-0.15, -0.1) is 0 Å². The average molecular weight is 555 g/mol. The van der Waals surface area contributed by atoms with E-state index in [1.165, 1.54) is 4.90 Å². The summed E-state index contributed by atoms with van der Waals surface area (Å²) in [6, 6.07) is 13.1. The summed E-state index contributed by atoms with van der Waals surface area (Å²) < 4.78 is 4.40. The summed E-state index contributed by atoms with van der Waals surface area (Å²) in [4.78, 5) is 57.0. The van der Waals surface area contributed by atoms with Crippen LogP contribution in [0.4, 0.5) is 4.79 Å². The number of carbonyl (C=O) groups is 4. The molecule has 0 spiro atoms. The van der Waals surface area contributed by atoms with Crippen molar-refractivity contribution in [3.63, 3.8) is 0 Å². The fourth-order valence-electron chi connectivity index (χ4n) is 6.62. The number of nitrogens with zero attached hydrogens (tertiary/aromatic N) is 4. The number of hydrogen-bond acceptors (Lipinski definition) is 4. The standard InChI is InChI=1S/C33H38N4O4/c1-20-16-27(22(3)36(20)25-11-12-25)30(38)18-34-29(15-10-24-8-6-5-7-9-24)32(40)35(33(34)41)19-31(39)28-17-21(2)37(23(28)4)26-13-14-26/h5-9,16-17,25-26,29H,10-15,18-19H2,1-4H3/t29-/m1/s1. The maximum Gasteiger partial charge on any atom is 0.328 e. The van der Waals surface area contributed by atoms with Gasteiger partial charge in [-0.2, -0.15) is 0 Å². The maximum absolute atomic E-state index is 13.7. The topological polar surface area (TPSA) is 84.6 Å². The molecule has 1 saturated heterocycles. The number of amides is 3. The summed E-state index contributed by atoms with van der Waals surface area (Å²) in [5.41, 5.74) is 6.04. The summed E-state index contributed by atoms with van der Waals surface area (Å²) >= 11 is 0. The molecule has 0 N–H and O–H groups in total. The summed E-state index contributed by atoms with van der Waals surface area (Å²) in [7, 11) is 0. The SMILES string of the molecule is Cc1cc(C(=O)CN2C(=O)[C@@H](CCc3ccccc3)N(CC(=O)c3cc(C)n(C4CC4)c3C)C2=O)c(C)n1C1CC1. The van der Waals surface area contributed by atoms with Crippen molar-refractivity contribution in [2.24, 2.45) is 0 Å². The number of urea groups is 1. The lowest BCUT2D eigenvalue weighted by atomic mass is 10.0. The molecule has 2 aromatic heterocycles. The van der Waals surface area contributed by atoms with Gasteiger partial charge < -0.3 is 14.0 Å². The van der Waals surface area contributed by atoms with Crippen LogP contribution in [0.2, 0.25) is 0 Å².